The molecule has 0 radical (unpaired) electrons. The number of aliphatic hydroxyl groups is 1. The van der Waals surface area contributed by atoms with E-state index in [1.54, 1.807) is 0 Å². The largest absolute Gasteiger partial charge is 0.491 e. The number of halogens is 1. The summed E-state index contributed by atoms with van der Waals surface area (Å²) in [6, 6.07) is 22.3. The van der Waals surface area contributed by atoms with Crippen LogP contribution in [0.25, 0.3) is 10.8 Å². The molecule has 3 aromatic rings. The van der Waals surface area contributed by atoms with Crippen LogP contribution in [0.2, 0.25) is 5.02 Å². The van der Waals surface area contributed by atoms with Crippen LogP contribution in [0, 0.1) is 0 Å². The van der Waals surface area contributed by atoms with Crippen LogP contribution in [0.3, 0.4) is 0 Å². The summed E-state index contributed by atoms with van der Waals surface area (Å²) in [5, 5.41) is 13.5. The van der Waals surface area contributed by atoms with Crippen LogP contribution in [0.4, 0.5) is 5.69 Å². The molecule has 1 aliphatic rings. The van der Waals surface area contributed by atoms with Crippen LogP contribution in [0.5, 0.6) is 5.75 Å². The minimum absolute atomic E-state index is 0.319. The van der Waals surface area contributed by atoms with Crippen molar-refractivity contribution in [2.24, 2.45) is 0 Å². The summed E-state index contributed by atoms with van der Waals surface area (Å²) < 4.78 is 5.83. The van der Waals surface area contributed by atoms with Gasteiger partial charge in [0, 0.05) is 10.7 Å². The Morgan fingerprint density at radius 3 is 2.54 bits per heavy atom. The standard InChI is InChI=1S/C23H25ClN2O2/c24-20-6-3-7-21(15-20)26-12-10-25(11-13-26)16-22(27)17-28-23-9-8-18-4-1-2-5-19(18)14-23/h1-9,14-15,22,27H,10-13,16-17H2/p+1/t22-/m1/s1. The number of rotatable bonds is 6. The number of aliphatic hydroxyl groups excluding tert-OH is 1. The predicted molar refractivity (Wildman–Crippen MR) is 115 cm³/mol. The van der Waals surface area contributed by atoms with Gasteiger partial charge in [-0.3, -0.25) is 0 Å². The summed E-state index contributed by atoms with van der Waals surface area (Å²) in [7, 11) is 0. The minimum atomic E-state index is -0.473. The number of piperazine rings is 1. The Labute approximate surface area is 170 Å². The van der Waals surface area contributed by atoms with Crippen molar-refractivity contribution in [3.63, 3.8) is 0 Å². The van der Waals surface area contributed by atoms with E-state index in [1.165, 1.54) is 16.0 Å². The zero-order chi connectivity index (χ0) is 19.3. The summed E-state index contributed by atoms with van der Waals surface area (Å²) >= 11 is 6.10. The molecular weight excluding hydrogens is 372 g/mol. The van der Waals surface area contributed by atoms with E-state index in [0.29, 0.717) is 13.2 Å². The van der Waals surface area contributed by atoms with Crippen LogP contribution in [0.1, 0.15) is 0 Å². The van der Waals surface area contributed by atoms with Crippen molar-refractivity contribution in [1.82, 2.24) is 0 Å². The highest BCUT2D eigenvalue weighted by Gasteiger charge is 2.23. The van der Waals surface area contributed by atoms with Gasteiger partial charge in [0.05, 0.1) is 26.2 Å². The maximum absolute atomic E-state index is 10.4. The number of fused-ring (bicyclic) bond motifs is 1. The number of anilines is 1. The molecule has 4 nitrogen and oxygen atoms in total. The van der Waals surface area contributed by atoms with E-state index in [-0.39, 0.29) is 0 Å². The smallest absolute Gasteiger partial charge is 0.137 e. The summed E-state index contributed by atoms with van der Waals surface area (Å²) in [6.45, 7) is 4.96. The molecule has 0 aliphatic carbocycles. The first-order chi connectivity index (χ1) is 13.7. The Morgan fingerprint density at radius 2 is 1.75 bits per heavy atom. The van der Waals surface area contributed by atoms with Gasteiger partial charge >= 0.3 is 0 Å². The van der Waals surface area contributed by atoms with E-state index >= 15 is 0 Å². The lowest BCUT2D eigenvalue weighted by molar-refractivity contribution is -0.903. The van der Waals surface area contributed by atoms with Gasteiger partial charge in [0.15, 0.2) is 0 Å². The van der Waals surface area contributed by atoms with E-state index in [1.807, 2.05) is 42.5 Å². The molecule has 2 N–H and O–H groups in total. The third-order valence-corrected chi connectivity index (χ3v) is 5.57. The highest BCUT2D eigenvalue weighted by atomic mass is 35.5. The Hall–Kier alpha value is -2.27. The first-order valence-corrected chi connectivity index (χ1v) is 10.2. The summed E-state index contributed by atoms with van der Waals surface area (Å²) in [5.74, 6) is 0.804. The Bertz CT molecular complexity index is 925. The average molecular weight is 398 g/mol. The average Bonchev–Trinajstić information content (AvgIpc) is 2.73. The van der Waals surface area contributed by atoms with E-state index in [4.69, 9.17) is 16.3 Å². The fourth-order valence-electron chi connectivity index (χ4n) is 3.80. The topological polar surface area (TPSA) is 37.1 Å². The molecule has 1 saturated heterocycles. The summed E-state index contributed by atoms with van der Waals surface area (Å²) in [6.07, 6.45) is -0.473. The number of benzene rings is 3. The molecule has 0 bridgehead atoms. The molecule has 5 heteroatoms. The molecule has 4 rings (SSSR count). The van der Waals surface area contributed by atoms with E-state index in [0.717, 1.165) is 42.3 Å². The lowest BCUT2D eigenvalue weighted by Crippen LogP contribution is -3.16. The molecule has 0 unspecified atom stereocenters. The Kier molecular flexibility index (Phi) is 6.01. The molecule has 0 aromatic heterocycles. The minimum Gasteiger partial charge on any atom is -0.491 e. The van der Waals surface area contributed by atoms with Crippen LogP contribution in [-0.2, 0) is 0 Å². The molecule has 0 saturated carbocycles. The maximum Gasteiger partial charge on any atom is 0.137 e. The van der Waals surface area contributed by atoms with E-state index in [9.17, 15) is 5.11 Å². The fourth-order valence-corrected chi connectivity index (χ4v) is 3.98. The number of nitrogens with one attached hydrogen (secondary N) is 1. The van der Waals surface area contributed by atoms with Crippen molar-refractivity contribution in [2.45, 2.75) is 6.10 Å². The second kappa shape index (κ2) is 8.82. The van der Waals surface area contributed by atoms with Crippen LogP contribution in [0.15, 0.2) is 66.7 Å². The van der Waals surface area contributed by atoms with Crippen molar-refractivity contribution in [1.29, 1.82) is 0 Å². The van der Waals surface area contributed by atoms with Gasteiger partial charge in [0.2, 0.25) is 0 Å². The second-order valence-corrected chi connectivity index (χ2v) is 7.83. The van der Waals surface area contributed by atoms with Gasteiger partial charge in [0.1, 0.15) is 25.0 Å². The van der Waals surface area contributed by atoms with Gasteiger partial charge in [-0.25, -0.2) is 0 Å². The lowest BCUT2D eigenvalue weighted by Gasteiger charge is -2.34. The quantitative estimate of drug-likeness (QED) is 0.671. The highest BCUT2D eigenvalue weighted by Crippen LogP contribution is 2.21. The first kappa shape index (κ1) is 19.1. The predicted octanol–water partition coefficient (Wildman–Crippen LogP) is 2.64. The number of hydrogen-bond donors (Lipinski definition) is 2. The Balaban J connectivity index is 1.24. The Morgan fingerprint density at radius 1 is 0.964 bits per heavy atom. The summed E-state index contributed by atoms with van der Waals surface area (Å²) in [5.41, 5.74) is 1.17. The normalized spacial score (nSPS) is 16.3. The van der Waals surface area contributed by atoms with E-state index < -0.39 is 6.10 Å². The van der Waals surface area contributed by atoms with Crippen LogP contribution >= 0.6 is 11.6 Å². The highest BCUT2D eigenvalue weighted by molar-refractivity contribution is 6.30. The lowest BCUT2D eigenvalue weighted by atomic mass is 10.1. The van der Waals surface area contributed by atoms with Crippen molar-refractivity contribution in [2.75, 3.05) is 44.2 Å². The number of hydrogen-bond acceptors (Lipinski definition) is 3. The summed E-state index contributed by atoms with van der Waals surface area (Å²) in [4.78, 5) is 3.76. The monoisotopic (exact) mass is 397 g/mol. The molecule has 0 spiro atoms. The SMILES string of the molecule is O[C@@H](COc1ccc2ccccc2c1)C[NH+]1CCN(c2cccc(Cl)c2)CC1. The number of nitrogens with zero attached hydrogens (tertiary/aromatic N) is 1. The van der Waals surface area contributed by atoms with Crippen molar-refractivity contribution < 1.29 is 14.7 Å². The maximum atomic E-state index is 10.4. The van der Waals surface area contributed by atoms with Gasteiger partial charge in [-0.2, -0.15) is 0 Å². The number of ether oxygens (including phenoxy) is 1. The molecule has 1 aliphatic heterocycles. The molecule has 1 atom stereocenters. The van der Waals surface area contributed by atoms with Crippen LogP contribution in [-0.4, -0.2) is 50.5 Å². The van der Waals surface area contributed by atoms with Crippen LogP contribution < -0.4 is 14.5 Å². The van der Waals surface area contributed by atoms with Gasteiger partial charge in [0.25, 0.3) is 0 Å². The van der Waals surface area contributed by atoms with Crippen molar-refractivity contribution in [3.05, 3.63) is 71.8 Å². The molecule has 1 fully saturated rings. The third kappa shape index (κ3) is 4.76. The van der Waals surface area contributed by atoms with Crippen molar-refractivity contribution >= 4 is 28.1 Å². The molecular formula is C23H26ClN2O2+. The fraction of sp³-hybridized carbons (Fsp3) is 0.304. The third-order valence-electron chi connectivity index (χ3n) is 5.33. The zero-order valence-electron chi connectivity index (χ0n) is 15.9. The van der Waals surface area contributed by atoms with Crippen molar-refractivity contribution in [3.8, 4) is 5.75 Å². The van der Waals surface area contributed by atoms with Gasteiger partial charge in [-0.1, -0.05) is 48.0 Å². The molecule has 28 heavy (non-hydrogen) atoms. The van der Waals surface area contributed by atoms with Gasteiger partial charge in [-0.15, -0.1) is 0 Å². The molecule has 146 valence electrons. The number of quaternary nitrogens is 1. The van der Waals surface area contributed by atoms with E-state index in [2.05, 4.69) is 29.2 Å². The second-order valence-electron chi connectivity index (χ2n) is 7.39. The molecule has 0 amide bonds. The zero-order valence-corrected chi connectivity index (χ0v) is 16.6. The van der Waals surface area contributed by atoms with Gasteiger partial charge in [-0.05, 0) is 41.1 Å². The first-order valence-electron chi connectivity index (χ1n) is 9.81. The van der Waals surface area contributed by atoms with Gasteiger partial charge < -0.3 is 19.6 Å². The molecule has 1 heterocycles. The molecule has 3 aromatic carbocycles.